The second-order valence-electron chi connectivity index (χ2n) is 5.16. The van der Waals surface area contributed by atoms with E-state index in [2.05, 4.69) is 4.72 Å². The largest absolute Gasteiger partial charge is 0.481 e. The molecule has 0 aliphatic carbocycles. The Morgan fingerprint density at radius 2 is 2.04 bits per heavy atom. The summed E-state index contributed by atoms with van der Waals surface area (Å²) in [5.41, 5.74) is 0.726. The number of carboxylic acids is 1. The Morgan fingerprint density at radius 3 is 2.74 bits per heavy atom. The zero-order chi connectivity index (χ0) is 17.0. The predicted octanol–water partition coefficient (Wildman–Crippen LogP) is 1.05. The summed E-state index contributed by atoms with van der Waals surface area (Å²) in [7, 11) is -2.16. The third-order valence-electron chi connectivity index (χ3n) is 3.43. The Bertz CT molecular complexity index is 865. The number of oxazole rings is 1. The SMILES string of the molecule is Cn1c(=O)oc2cc(S(=O)(=O)NCCCCCC(=O)O)ccc21. The van der Waals surface area contributed by atoms with Gasteiger partial charge in [-0.15, -0.1) is 0 Å². The lowest BCUT2D eigenvalue weighted by atomic mass is 10.2. The Kier molecular flexibility index (Phi) is 5.22. The van der Waals surface area contributed by atoms with Crippen LogP contribution in [-0.4, -0.2) is 30.6 Å². The molecule has 0 amide bonds. The summed E-state index contributed by atoms with van der Waals surface area (Å²) < 4.78 is 33.1. The highest BCUT2D eigenvalue weighted by atomic mass is 32.2. The first kappa shape index (κ1) is 17.2. The highest BCUT2D eigenvalue weighted by Crippen LogP contribution is 2.17. The van der Waals surface area contributed by atoms with E-state index in [1.54, 1.807) is 0 Å². The van der Waals surface area contributed by atoms with Gasteiger partial charge in [-0.2, -0.15) is 0 Å². The molecule has 126 valence electrons. The van der Waals surface area contributed by atoms with Gasteiger partial charge in [0.1, 0.15) is 0 Å². The van der Waals surface area contributed by atoms with Crippen LogP contribution in [0.15, 0.2) is 32.3 Å². The first-order chi connectivity index (χ1) is 10.8. The minimum atomic E-state index is -3.70. The predicted molar refractivity (Wildman–Crippen MR) is 82.7 cm³/mol. The molecule has 0 bridgehead atoms. The second-order valence-corrected chi connectivity index (χ2v) is 6.93. The number of nitrogens with zero attached hydrogens (tertiary/aromatic N) is 1. The molecule has 1 aromatic carbocycles. The van der Waals surface area contributed by atoms with Crippen LogP contribution in [0.5, 0.6) is 0 Å². The Balaban J connectivity index is 1.99. The lowest BCUT2D eigenvalue weighted by Gasteiger charge is -2.06. The smallest absolute Gasteiger partial charge is 0.419 e. The number of aryl methyl sites for hydroxylation is 1. The number of hydrogen-bond donors (Lipinski definition) is 2. The molecule has 2 rings (SSSR count). The maximum absolute atomic E-state index is 12.2. The van der Waals surface area contributed by atoms with E-state index in [-0.39, 0.29) is 23.4 Å². The van der Waals surface area contributed by atoms with E-state index < -0.39 is 21.7 Å². The molecule has 23 heavy (non-hydrogen) atoms. The Hall–Kier alpha value is -2.13. The number of sulfonamides is 1. The van der Waals surface area contributed by atoms with Crippen molar-refractivity contribution in [1.82, 2.24) is 9.29 Å². The van der Waals surface area contributed by atoms with Crippen LogP contribution < -0.4 is 10.5 Å². The third-order valence-corrected chi connectivity index (χ3v) is 4.89. The lowest BCUT2D eigenvalue weighted by molar-refractivity contribution is -0.137. The van der Waals surface area contributed by atoms with E-state index in [1.165, 1.54) is 29.8 Å². The number of carbonyl (C=O) groups is 1. The average Bonchev–Trinajstić information content (AvgIpc) is 2.77. The zero-order valence-corrected chi connectivity index (χ0v) is 13.4. The first-order valence-corrected chi connectivity index (χ1v) is 8.60. The fourth-order valence-electron chi connectivity index (χ4n) is 2.15. The maximum Gasteiger partial charge on any atom is 0.419 e. The van der Waals surface area contributed by atoms with Gasteiger partial charge in [0.05, 0.1) is 10.4 Å². The molecule has 0 saturated carbocycles. The van der Waals surface area contributed by atoms with Crippen LogP contribution in [-0.2, 0) is 21.9 Å². The standard InChI is InChI=1S/C14H18N2O6S/c1-16-11-7-6-10(9-12(11)22-14(16)19)23(20,21)15-8-4-2-3-5-13(17)18/h6-7,9,15H,2-5,8H2,1H3,(H,17,18). The van der Waals surface area contributed by atoms with Crippen LogP contribution >= 0.6 is 0 Å². The summed E-state index contributed by atoms with van der Waals surface area (Å²) in [6.45, 7) is 0.221. The molecule has 0 aliphatic heterocycles. The Morgan fingerprint density at radius 1 is 1.30 bits per heavy atom. The van der Waals surface area contributed by atoms with Crippen molar-refractivity contribution in [3.63, 3.8) is 0 Å². The normalized spacial score (nSPS) is 11.9. The van der Waals surface area contributed by atoms with Gasteiger partial charge in [0.25, 0.3) is 0 Å². The summed E-state index contributed by atoms with van der Waals surface area (Å²) in [4.78, 5) is 21.8. The van der Waals surface area contributed by atoms with Gasteiger partial charge in [-0.05, 0) is 25.0 Å². The first-order valence-electron chi connectivity index (χ1n) is 7.12. The number of hydrogen-bond acceptors (Lipinski definition) is 5. The summed E-state index contributed by atoms with van der Waals surface area (Å²) in [6, 6.07) is 4.23. The highest BCUT2D eigenvalue weighted by Gasteiger charge is 2.16. The molecule has 9 heteroatoms. The van der Waals surface area contributed by atoms with Gasteiger partial charge in [0.2, 0.25) is 10.0 Å². The lowest BCUT2D eigenvalue weighted by Crippen LogP contribution is -2.24. The molecule has 2 aromatic rings. The molecular weight excluding hydrogens is 324 g/mol. The topological polar surface area (TPSA) is 119 Å². The molecule has 0 radical (unpaired) electrons. The van der Waals surface area contributed by atoms with Crippen LogP contribution in [0.4, 0.5) is 0 Å². The number of nitrogens with one attached hydrogen (secondary N) is 1. The fraction of sp³-hybridized carbons (Fsp3) is 0.429. The summed E-state index contributed by atoms with van der Waals surface area (Å²) in [5, 5.41) is 8.51. The minimum Gasteiger partial charge on any atom is -0.481 e. The van der Waals surface area contributed by atoms with E-state index in [1.807, 2.05) is 0 Å². The van der Waals surface area contributed by atoms with Crippen molar-refractivity contribution < 1.29 is 22.7 Å². The number of aromatic nitrogens is 1. The van der Waals surface area contributed by atoms with Crippen molar-refractivity contribution >= 4 is 27.1 Å². The van der Waals surface area contributed by atoms with E-state index in [0.717, 1.165) is 0 Å². The molecular formula is C14H18N2O6S. The number of rotatable bonds is 8. The van der Waals surface area contributed by atoms with Crippen molar-refractivity contribution in [1.29, 1.82) is 0 Å². The number of aliphatic carboxylic acids is 1. The molecule has 0 aliphatic rings. The number of unbranched alkanes of at least 4 members (excludes halogenated alkanes) is 2. The molecule has 0 saturated heterocycles. The van der Waals surface area contributed by atoms with Crippen LogP contribution in [0.1, 0.15) is 25.7 Å². The van der Waals surface area contributed by atoms with Crippen LogP contribution in [0.2, 0.25) is 0 Å². The summed E-state index contributed by atoms with van der Waals surface area (Å²) >= 11 is 0. The van der Waals surface area contributed by atoms with Crippen molar-refractivity contribution in [2.75, 3.05) is 6.54 Å². The van der Waals surface area contributed by atoms with Gasteiger partial charge in [-0.25, -0.2) is 17.9 Å². The van der Waals surface area contributed by atoms with Crippen molar-refractivity contribution in [2.24, 2.45) is 7.05 Å². The minimum absolute atomic E-state index is 0.0184. The van der Waals surface area contributed by atoms with Gasteiger partial charge in [-0.3, -0.25) is 9.36 Å². The molecule has 0 atom stereocenters. The third kappa shape index (κ3) is 4.20. The summed E-state index contributed by atoms with van der Waals surface area (Å²) in [6.07, 6.45) is 1.77. The van der Waals surface area contributed by atoms with Gasteiger partial charge >= 0.3 is 11.7 Å². The molecule has 0 unspecified atom stereocenters. The van der Waals surface area contributed by atoms with Gasteiger partial charge in [-0.1, -0.05) is 6.42 Å². The Labute approximate surface area is 132 Å². The molecule has 0 spiro atoms. The fourth-order valence-corrected chi connectivity index (χ4v) is 3.24. The van der Waals surface area contributed by atoms with Crippen molar-refractivity contribution in [3.05, 3.63) is 28.7 Å². The molecule has 8 nitrogen and oxygen atoms in total. The number of benzene rings is 1. The van der Waals surface area contributed by atoms with Gasteiger partial charge in [0, 0.05) is 26.1 Å². The van der Waals surface area contributed by atoms with Crippen LogP contribution in [0, 0.1) is 0 Å². The summed E-state index contributed by atoms with van der Waals surface area (Å²) in [5.74, 6) is -1.41. The van der Waals surface area contributed by atoms with Crippen LogP contribution in [0.25, 0.3) is 11.1 Å². The van der Waals surface area contributed by atoms with Crippen molar-refractivity contribution in [2.45, 2.75) is 30.6 Å². The van der Waals surface area contributed by atoms with Crippen LogP contribution in [0.3, 0.4) is 0 Å². The maximum atomic E-state index is 12.2. The van der Waals surface area contributed by atoms with E-state index >= 15 is 0 Å². The monoisotopic (exact) mass is 342 g/mol. The average molecular weight is 342 g/mol. The number of fused-ring (bicyclic) bond motifs is 1. The molecule has 1 aromatic heterocycles. The second kappa shape index (κ2) is 6.97. The van der Waals surface area contributed by atoms with E-state index in [4.69, 9.17) is 9.52 Å². The highest BCUT2D eigenvalue weighted by molar-refractivity contribution is 7.89. The van der Waals surface area contributed by atoms with Gasteiger partial charge < -0.3 is 9.52 Å². The number of carboxylic acid groups (broad SMARTS) is 1. The molecule has 2 N–H and O–H groups in total. The molecule has 1 heterocycles. The quantitative estimate of drug-likeness (QED) is 0.692. The zero-order valence-electron chi connectivity index (χ0n) is 12.6. The van der Waals surface area contributed by atoms with E-state index in [0.29, 0.717) is 24.8 Å². The van der Waals surface area contributed by atoms with Gasteiger partial charge in [0.15, 0.2) is 5.58 Å². The van der Waals surface area contributed by atoms with E-state index in [9.17, 15) is 18.0 Å². The van der Waals surface area contributed by atoms with Crippen molar-refractivity contribution in [3.8, 4) is 0 Å². The molecule has 0 fully saturated rings.